The Morgan fingerprint density at radius 1 is 1.10 bits per heavy atom. The van der Waals surface area contributed by atoms with Crippen molar-refractivity contribution in [3.05, 3.63) is 34.4 Å². The highest BCUT2D eigenvalue weighted by Crippen LogP contribution is 2.47. The van der Waals surface area contributed by atoms with Gasteiger partial charge in [-0.1, -0.05) is 60.6 Å². The first-order valence-corrected chi connectivity index (χ1v) is 8.44. The summed E-state index contributed by atoms with van der Waals surface area (Å²) in [7, 11) is 0. The molecule has 2 rings (SSSR count). The van der Waals surface area contributed by atoms with Gasteiger partial charge in [0.25, 0.3) is 0 Å². The molecular weight excluding hydrogens is 240 g/mol. The number of fused-ring (bicyclic) bond motifs is 1. The lowest BCUT2D eigenvalue weighted by molar-refractivity contribution is 0.468. The predicted octanol–water partition coefficient (Wildman–Crippen LogP) is 6.50. The molecule has 0 amide bonds. The molecule has 1 aliphatic carbocycles. The highest BCUT2D eigenvalue weighted by Gasteiger charge is 2.32. The Kier molecular flexibility index (Phi) is 4.33. The van der Waals surface area contributed by atoms with Crippen LogP contribution in [0.4, 0.5) is 0 Å². The third-order valence-corrected chi connectivity index (χ3v) is 5.09. The van der Waals surface area contributed by atoms with Crippen LogP contribution in [0.1, 0.15) is 108 Å². The van der Waals surface area contributed by atoms with E-state index in [4.69, 9.17) is 0 Å². The highest BCUT2D eigenvalue weighted by molar-refractivity contribution is 5.50. The van der Waals surface area contributed by atoms with Crippen LogP contribution in [0.3, 0.4) is 0 Å². The summed E-state index contributed by atoms with van der Waals surface area (Å²) in [6.07, 6.45) is 4.01. The lowest BCUT2D eigenvalue weighted by Gasteiger charge is -2.37. The van der Waals surface area contributed by atoms with Gasteiger partial charge in [0.15, 0.2) is 0 Å². The van der Waals surface area contributed by atoms with Gasteiger partial charge >= 0.3 is 0 Å². The fraction of sp³-hybridized carbons (Fsp3) is 0.700. The summed E-state index contributed by atoms with van der Waals surface area (Å²) >= 11 is 0. The van der Waals surface area contributed by atoms with Crippen LogP contribution in [-0.4, -0.2) is 0 Å². The smallest absolute Gasteiger partial charge is 0.0129 e. The minimum Gasteiger partial charge on any atom is -0.0648 e. The molecule has 20 heavy (non-hydrogen) atoms. The first-order chi connectivity index (χ1) is 9.27. The molecule has 0 heterocycles. The topological polar surface area (TPSA) is 0 Å². The molecule has 1 aromatic rings. The van der Waals surface area contributed by atoms with Gasteiger partial charge in [0, 0.05) is 0 Å². The molecule has 0 heteroatoms. The van der Waals surface area contributed by atoms with Gasteiger partial charge in [-0.25, -0.2) is 0 Å². The number of hydrogen-bond donors (Lipinski definition) is 0. The Labute approximate surface area is 126 Å². The van der Waals surface area contributed by atoms with Gasteiger partial charge in [0.1, 0.15) is 0 Å². The van der Waals surface area contributed by atoms with E-state index in [2.05, 4.69) is 60.6 Å². The molecule has 0 saturated carbocycles. The molecule has 0 nitrogen and oxygen atoms in total. The monoisotopic (exact) mass is 272 g/mol. The number of rotatable bonds is 2. The average molecular weight is 272 g/mol. The maximum atomic E-state index is 2.43. The van der Waals surface area contributed by atoms with Gasteiger partial charge in [0.2, 0.25) is 0 Å². The van der Waals surface area contributed by atoms with E-state index in [-0.39, 0.29) is 5.41 Å². The molecule has 0 aromatic heterocycles. The lowest BCUT2D eigenvalue weighted by Crippen LogP contribution is -2.23. The Hall–Kier alpha value is -0.780. The molecule has 0 saturated heterocycles. The van der Waals surface area contributed by atoms with Crippen LogP contribution in [0.5, 0.6) is 0 Å². The summed E-state index contributed by atoms with van der Waals surface area (Å²) < 4.78 is 0. The van der Waals surface area contributed by atoms with Gasteiger partial charge in [0.05, 0.1) is 0 Å². The van der Waals surface area contributed by atoms with Crippen LogP contribution in [0.15, 0.2) is 12.1 Å². The Bertz CT molecular complexity index is 474. The van der Waals surface area contributed by atoms with Crippen molar-refractivity contribution in [2.75, 3.05) is 0 Å². The van der Waals surface area contributed by atoms with Crippen molar-refractivity contribution in [3.8, 4) is 0 Å². The maximum Gasteiger partial charge on any atom is -0.0129 e. The molecule has 1 aliphatic rings. The fourth-order valence-corrected chi connectivity index (χ4v) is 3.95. The SMILES string of the molecule is CCC1CCC(C)c2c(C(C)C)ccc(C(C)(C)C)c21. The second kappa shape index (κ2) is 5.54. The van der Waals surface area contributed by atoms with E-state index in [0.717, 1.165) is 11.8 Å². The molecule has 0 N–H and O–H groups in total. The van der Waals surface area contributed by atoms with Crippen LogP contribution in [-0.2, 0) is 5.41 Å². The second-order valence-electron chi connectivity index (χ2n) is 8.02. The second-order valence-corrected chi connectivity index (χ2v) is 8.02. The zero-order valence-electron chi connectivity index (χ0n) is 14.5. The van der Waals surface area contributed by atoms with E-state index in [1.807, 2.05) is 0 Å². The van der Waals surface area contributed by atoms with Crippen LogP contribution in [0.2, 0.25) is 0 Å². The molecule has 0 radical (unpaired) electrons. The minimum atomic E-state index is 0.254. The lowest BCUT2D eigenvalue weighted by atomic mass is 9.67. The van der Waals surface area contributed by atoms with Gasteiger partial charge in [-0.05, 0) is 64.7 Å². The zero-order valence-corrected chi connectivity index (χ0v) is 14.5. The Morgan fingerprint density at radius 3 is 2.25 bits per heavy atom. The van der Waals surface area contributed by atoms with Crippen LogP contribution in [0.25, 0.3) is 0 Å². The Balaban J connectivity index is 2.74. The normalized spacial score (nSPS) is 23.0. The third kappa shape index (κ3) is 2.67. The zero-order chi connectivity index (χ0) is 15.1. The standard InChI is InChI=1S/C20H32/c1-8-15-10-9-14(4)18-16(13(2)3)11-12-17(19(15)18)20(5,6)7/h11-15H,8-10H2,1-7H3. The van der Waals surface area contributed by atoms with Crippen LogP contribution in [0, 0.1) is 0 Å². The summed E-state index contributed by atoms with van der Waals surface area (Å²) in [5, 5.41) is 0. The molecule has 112 valence electrons. The van der Waals surface area contributed by atoms with Gasteiger partial charge in [-0.15, -0.1) is 0 Å². The maximum absolute atomic E-state index is 2.43. The molecular formula is C20H32. The van der Waals surface area contributed by atoms with Gasteiger partial charge in [-0.3, -0.25) is 0 Å². The number of benzene rings is 1. The number of hydrogen-bond acceptors (Lipinski definition) is 0. The highest BCUT2D eigenvalue weighted by atomic mass is 14.4. The van der Waals surface area contributed by atoms with Crippen molar-refractivity contribution in [2.45, 2.75) is 90.9 Å². The van der Waals surface area contributed by atoms with Crippen molar-refractivity contribution in [2.24, 2.45) is 0 Å². The summed E-state index contributed by atoms with van der Waals surface area (Å²) in [6, 6.07) is 4.84. The summed E-state index contributed by atoms with van der Waals surface area (Å²) in [4.78, 5) is 0. The molecule has 2 unspecified atom stereocenters. The van der Waals surface area contributed by atoms with Crippen molar-refractivity contribution in [3.63, 3.8) is 0 Å². The average Bonchev–Trinajstić information content (AvgIpc) is 2.36. The minimum absolute atomic E-state index is 0.254. The van der Waals surface area contributed by atoms with Gasteiger partial charge in [-0.2, -0.15) is 0 Å². The van der Waals surface area contributed by atoms with Crippen LogP contribution < -0.4 is 0 Å². The van der Waals surface area contributed by atoms with Crippen molar-refractivity contribution < 1.29 is 0 Å². The molecule has 2 atom stereocenters. The van der Waals surface area contributed by atoms with E-state index >= 15 is 0 Å². The van der Waals surface area contributed by atoms with E-state index < -0.39 is 0 Å². The van der Waals surface area contributed by atoms with Crippen LogP contribution >= 0.6 is 0 Å². The fourth-order valence-electron chi connectivity index (χ4n) is 3.95. The first-order valence-electron chi connectivity index (χ1n) is 8.44. The summed E-state index contributed by atoms with van der Waals surface area (Å²) in [5.41, 5.74) is 6.86. The van der Waals surface area contributed by atoms with E-state index in [0.29, 0.717) is 5.92 Å². The Morgan fingerprint density at radius 2 is 1.75 bits per heavy atom. The van der Waals surface area contributed by atoms with Crippen molar-refractivity contribution in [1.82, 2.24) is 0 Å². The summed E-state index contributed by atoms with van der Waals surface area (Å²) in [5.74, 6) is 2.14. The largest absolute Gasteiger partial charge is 0.0648 e. The van der Waals surface area contributed by atoms with E-state index in [9.17, 15) is 0 Å². The molecule has 0 aliphatic heterocycles. The van der Waals surface area contributed by atoms with Gasteiger partial charge < -0.3 is 0 Å². The van der Waals surface area contributed by atoms with Crippen molar-refractivity contribution in [1.29, 1.82) is 0 Å². The third-order valence-electron chi connectivity index (χ3n) is 5.09. The molecule has 0 spiro atoms. The quantitative estimate of drug-likeness (QED) is 0.576. The van der Waals surface area contributed by atoms with E-state index in [1.165, 1.54) is 19.3 Å². The molecule has 1 aromatic carbocycles. The molecule has 0 fully saturated rings. The summed E-state index contributed by atoms with van der Waals surface area (Å²) in [6.45, 7) is 16.6. The molecule has 0 bridgehead atoms. The first kappa shape index (κ1) is 15.6. The predicted molar refractivity (Wildman–Crippen MR) is 89.9 cm³/mol. The van der Waals surface area contributed by atoms with E-state index in [1.54, 1.807) is 22.3 Å². The van der Waals surface area contributed by atoms with Crippen molar-refractivity contribution >= 4 is 0 Å².